The molecule has 0 aromatic heterocycles. The maximum absolute atomic E-state index is 13.0. The second-order valence-corrected chi connectivity index (χ2v) is 24.6. The maximum atomic E-state index is 13.0. The lowest BCUT2D eigenvalue weighted by Gasteiger charge is -2.31. The number of nitrogens with one attached hydrogen (secondary N) is 1. The number of hydrogen-bond donors (Lipinski definition) is 1. The summed E-state index contributed by atoms with van der Waals surface area (Å²) in [5, 5.41) is 0. The Kier molecular flexibility index (Phi) is 7.65. The first kappa shape index (κ1) is 20.0. The zero-order chi connectivity index (χ0) is 15.5. The SMILES string of the molecule is CC[P+](CC)(CC)/C(=[P+](/[O-])N[Si](C)(C)C)[Si](C)(C)C. The van der Waals surface area contributed by atoms with Crippen molar-refractivity contribution < 1.29 is 4.89 Å². The van der Waals surface area contributed by atoms with Crippen molar-refractivity contribution >= 4 is 36.2 Å². The highest BCUT2D eigenvalue weighted by molar-refractivity contribution is 8.05. The van der Waals surface area contributed by atoms with Crippen LogP contribution in [0.3, 0.4) is 0 Å². The van der Waals surface area contributed by atoms with Crippen LogP contribution in [-0.4, -0.2) is 39.5 Å². The lowest BCUT2D eigenvalue weighted by atomic mass is 10.9. The molecule has 1 N–H and O–H groups in total. The first-order chi connectivity index (χ1) is 8.43. The summed E-state index contributed by atoms with van der Waals surface area (Å²) in [7, 11) is -5.49. The van der Waals surface area contributed by atoms with Gasteiger partial charge in [0, 0.05) is 0 Å². The zero-order valence-electron chi connectivity index (χ0n) is 14.4. The Morgan fingerprint density at radius 3 is 1.53 bits per heavy atom. The van der Waals surface area contributed by atoms with E-state index in [0.29, 0.717) is 0 Å². The van der Waals surface area contributed by atoms with E-state index in [1.54, 1.807) is 0 Å². The van der Waals surface area contributed by atoms with E-state index in [1.807, 2.05) is 0 Å². The maximum Gasteiger partial charge on any atom is 0.213 e. The minimum absolute atomic E-state index is 1.16. The van der Waals surface area contributed by atoms with Crippen LogP contribution >= 0.6 is 15.2 Å². The Morgan fingerprint density at radius 2 is 1.32 bits per heavy atom. The van der Waals surface area contributed by atoms with Gasteiger partial charge in [-0.1, -0.05) is 39.3 Å². The second kappa shape index (κ2) is 7.29. The molecule has 0 aromatic rings. The van der Waals surface area contributed by atoms with E-state index < -0.39 is 31.5 Å². The molecule has 0 rings (SSSR count). The lowest BCUT2D eigenvalue weighted by molar-refractivity contribution is -0.154. The van der Waals surface area contributed by atoms with Crippen molar-refractivity contribution in [3.63, 3.8) is 0 Å². The van der Waals surface area contributed by atoms with Crippen LogP contribution in [0.15, 0.2) is 0 Å². The summed E-state index contributed by atoms with van der Waals surface area (Å²) < 4.78 is 5.00. The summed E-state index contributed by atoms with van der Waals surface area (Å²) in [5.41, 5.74) is 0. The van der Waals surface area contributed by atoms with Gasteiger partial charge in [0.1, 0.15) is 0 Å². The van der Waals surface area contributed by atoms with Gasteiger partial charge in [-0.3, -0.25) is 0 Å². The fourth-order valence-electron chi connectivity index (χ4n) is 2.69. The van der Waals surface area contributed by atoms with Gasteiger partial charge in [0.2, 0.25) is 4.66 Å². The average molecular weight is 339 g/mol. The first-order valence-electron chi connectivity index (χ1n) is 7.42. The number of rotatable bonds is 7. The monoisotopic (exact) mass is 338 g/mol. The Morgan fingerprint density at radius 1 is 0.947 bits per heavy atom. The van der Waals surface area contributed by atoms with Gasteiger partial charge in [0.15, 0.2) is 24.2 Å². The van der Waals surface area contributed by atoms with Gasteiger partial charge in [-0.05, 0) is 20.8 Å². The van der Waals surface area contributed by atoms with Crippen LogP contribution in [0.1, 0.15) is 20.8 Å². The normalized spacial score (nSPS) is 15.5. The van der Waals surface area contributed by atoms with Crippen LogP contribution in [0.4, 0.5) is 0 Å². The summed E-state index contributed by atoms with van der Waals surface area (Å²) in [6.07, 6.45) is 3.65. The van der Waals surface area contributed by atoms with Gasteiger partial charge in [0.05, 0.1) is 25.7 Å². The van der Waals surface area contributed by atoms with Crippen LogP contribution < -0.4 is 9.65 Å². The molecule has 6 heteroatoms. The Bertz CT molecular complexity index is 320. The first-order valence-corrected chi connectivity index (χ1v) is 18.0. The molecule has 0 amide bonds. The fourth-order valence-corrected chi connectivity index (χ4v) is 21.1. The zero-order valence-corrected chi connectivity index (χ0v) is 18.2. The molecule has 0 bridgehead atoms. The third kappa shape index (κ3) is 5.69. The molecule has 0 saturated heterocycles. The molecular formula is C13H34NOP2Si2+. The van der Waals surface area contributed by atoms with Gasteiger partial charge in [-0.2, -0.15) is 4.75 Å². The highest BCUT2D eigenvalue weighted by atomic mass is 31.2. The van der Waals surface area contributed by atoms with Gasteiger partial charge in [-0.25, -0.2) is 0 Å². The van der Waals surface area contributed by atoms with Crippen molar-refractivity contribution in [2.24, 2.45) is 0 Å². The van der Waals surface area contributed by atoms with Crippen LogP contribution in [-0.2, 0) is 0 Å². The van der Waals surface area contributed by atoms with Crippen molar-refractivity contribution in [1.82, 2.24) is 4.75 Å². The number of hydrogen-bond acceptors (Lipinski definition) is 2. The highest BCUT2D eigenvalue weighted by Crippen LogP contribution is 2.63. The van der Waals surface area contributed by atoms with E-state index >= 15 is 0 Å². The third-order valence-electron chi connectivity index (χ3n) is 3.57. The summed E-state index contributed by atoms with van der Waals surface area (Å²) in [6, 6.07) is 0. The van der Waals surface area contributed by atoms with Crippen molar-refractivity contribution in [2.45, 2.75) is 60.1 Å². The van der Waals surface area contributed by atoms with E-state index in [4.69, 9.17) is 0 Å². The lowest BCUT2D eigenvalue weighted by Crippen LogP contribution is -2.44. The third-order valence-corrected chi connectivity index (χ3v) is 21.2. The van der Waals surface area contributed by atoms with Crippen molar-refractivity contribution in [2.75, 3.05) is 18.5 Å². The molecule has 0 heterocycles. The average Bonchev–Trinajstić information content (AvgIpc) is 2.21. The molecule has 0 radical (unpaired) electrons. The predicted molar refractivity (Wildman–Crippen MR) is 100 cm³/mol. The molecule has 1 atom stereocenters. The predicted octanol–water partition coefficient (Wildman–Crippen LogP) is 4.17. The topological polar surface area (TPSA) is 35.1 Å². The standard InChI is InChI=1S/C13H34NOP2Si2/c1-10-17(11-2,12-3)13(18(4,5)6)16(15)14-19(7,8)9/h14H,10-12H2,1-9H3/q+1. The summed E-state index contributed by atoms with van der Waals surface area (Å²) >= 11 is 0. The van der Waals surface area contributed by atoms with Gasteiger partial charge >= 0.3 is 0 Å². The Labute approximate surface area is 124 Å². The van der Waals surface area contributed by atoms with Crippen LogP contribution in [0.25, 0.3) is 0 Å². The molecule has 19 heavy (non-hydrogen) atoms. The summed E-state index contributed by atoms with van der Waals surface area (Å²) in [6.45, 7) is 20.8. The molecule has 0 aliphatic heterocycles. The molecule has 0 fully saturated rings. The quantitative estimate of drug-likeness (QED) is 0.558. The molecule has 2 nitrogen and oxygen atoms in total. The summed E-state index contributed by atoms with van der Waals surface area (Å²) in [5.74, 6) is 0. The van der Waals surface area contributed by atoms with E-state index in [9.17, 15) is 4.89 Å². The van der Waals surface area contributed by atoms with Crippen molar-refractivity contribution in [3.05, 3.63) is 0 Å². The highest BCUT2D eigenvalue weighted by Gasteiger charge is 2.50. The molecule has 0 spiro atoms. The van der Waals surface area contributed by atoms with E-state index in [2.05, 4.69) is 64.8 Å². The Balaban J connectivity index is 5.89. The molecule has 0 aliphatic carbocycles. The molecule has 0 aromatic carbocycles. The summed E-state index contributed by atoms with van der Waals surface area (Å²) in [4.78, 5) is 13.0. The molecule has 0 saturated carbocycles. The Hall–Kier alpha value is 0.954. The van der Waals surface area contributed by atoms with E-state index in [-0.39, 0.29) is 0 Å². The van der Waals surface area contributed by atoms with E-state index in [0.717, 1.165) is 0 Å². The van der Waals surface area contributed by atoms with Crippen LogP contribution in [0.5, 0.6) is 0 Å². The minimum Gasteiger partial charge on any atom is -0.612 e. The van der Waals surface area contributed by atoms with Gasteiger partial charge in [-0.15, -0.1) is 0 Å². The second-order valence-electron chi connectivity index (χ2n) is 7.32. The van der Waals surface area contributed by atoms with Crippen LogP contribution in [0.2, 0.25) is 39.3 Å². The van der Waals surface area contributed by atoms with E-state index in [1.165, 1.54) is 23.1 Å². The molecule has 114 valence electrons. The van der Waals surface area contributed by atoms with Crippen molar-refractivity contribution in [1.29, 1.82) is 0 Å². The van der Waals surface area contributed by atoms with Gasteiger partial charge < -0.3 is 4.89 Å². The largest absolute Gasteiger partial charge is 0.612 e. The minimum atomic E-state index is -1.51. The smallest absolute Gasteiger partial charge is 0.213 e. The molecule has 0 aliphatic rings. The van der Waals surface area contributed by atoms with Crippen LogP contribution in [0, 0.1) is 0 Å². The van der Waals surface area contributed by atoms with Gasteiger partial charge in [0.25, 0.3) is 0 Å². The fraction of sp³-hybridized carbons (Fsp3) is 0.923. The van der Waals surface area contributed by atoms with Crippen molar-refractivity contribution in [3.8, 4) is 0 Å². The molecule has 1 unspecified atom stereocenters. The molecular weight excluding hydrogens is 304 g/mol.